The second kappa shape index (κ2) is 21.1. The first kappa shape index (κ1) is 26.9. The highest BCUT2D eigenvalue weighted by atomic mass is 15.0. The normalized spacial score (nSPS) is 11.3. The first-order chi connectivity index (χ1) is 14.9. The summed E-state index contributed by atoms with van der Waals surface area (Å²) in [7, 11) is 0. The van der Waals surface area contributed by atoms with E-state index in [1.165, 1.54) is 11.1 Å². The van der Waals surface area contributed by atoms with Gasteiger partial charge >= 0.3 is 0 Å². The maximum absolute atomic E-state index is 5.44. The maximum Gasteiger partial charge on any atom is 0.0206 e. The summed E-state index contributed by atoms with van der Waals surface area (Å²) in [5, 5.41) is 20.5. The SMILES string of the molecule is NCCNCCCNCCNCc1ccc(CNCCNCCCNCCN)cc1. The van der Waals surface area contributed by atoms with Gasteiger partial charge in [0.15, 0.2) is 0 Å². The molecule has 8 nitrogen and oxygen atoms in total. The molecule has 1 rings (SSSR count). The van der Waals surface area contributed by atoms with Crippen LogP contribution in [0.15, 0.2) is 24.3 Å². The van der Waals surface area contributed by atoms with Gasteiger partial charge < -0.3 is 43.4 Å². The monoisotopic (exact) mass is 422 g/mol. The molecule has 0 saturated carbocycles. The van der Waals surface area contributed by atoms with Crippen molar-refractivity contribution in [2.45, 2.75) is 25.9 Å². The molecule has 0 aliphatic carbocycles. The van der Waals surface area contributed by atoms with Crippen molar-refractivity contribution in [2.24, 2.45) is 11.5 Å². The van der Waals surface area contributed by atoms with E-state index in [1.807, 2.05) is 0 Å². The minimum Gasteiger partial charge on any atom is -0.329 e. The van der Waals surface area contributed by atoms with Crippen molar-refractivity contribution in [3.63, 3.8) is 0 Å². The Morgan fingerprint density at radius 1 is 0.433 bits per heavy atom. The maximum atomic E-state index is 5.44. The van der Waals surface area contributed by atoms with Crippen molar-refractivity contribution in [3.8, 4) is 0 Å². The molecule has 0 amide bonds. The molecule has 0 aromatic heterocycles. The summed E-state index contributed by atoms with van der Waals surface area (Å²) in [6, 6.07) is 8.86. The Morgan fingerprint density at radius 3 is 1.13 bits per heavy atom. The van der Waals surface area contributed by atoms with Gasteiger partial charge in [0, 0.05) is 65.4 Å². The topological polar surface area (TPSA) is 124 Å². The molecule has 0 aliphatic heterocycles. The average molecular weight is 423 g/mol. The lowest BCUT2D eigenvalue weighted by atomic mass is 10.1. The van der Waals surface area contributed by atoms with Crippen LogP contribution in [0.2, 0.25) is 0 Å². The molecule has 0 spiro atoms. The van der Waals surface area contributed by atoms with Gasteiger partial charge in [0.25, 0.3) is 0 Å². The Hall–Kier alpha value is -1.10. The third kappa shape index (κ3) is 16.7. The van der Waals surface area contributed by atoms with Gasteiger partial charge in [-0.05, 0) is 50.1 Å². The third-order valence-electron chi connectivity index (χ3n) is 4.69. The van der Waals surface area contributed by atoms with E-state index in [-0.39, 0.29) is 0 Å². The predicted octanol–water partition coefficient (Wildman–Crippen LogP) is -1.08. The fourth-order valence-corrected chi connectivity index (χ4v) is 2.97. The van der Waals surface area contributed by atoms with Crippen molar-refractivity contribution in [3.05, 3.63) is 35.4 Å². The first-order valence-electron chi connectivity index (χ1n) is 11.6. The summed E-state index contributed by atoms with van der Waals surface area (Å²) < 4.78 is 0. The van der Waals surface area contributed by atoms with Crippen LogP contribution in [-0.2, 0) is 13.1 Å². The van der Waals surface area contributed by atoms with Crippen LogP contribution in [0.25, 0.3) is 0 Å². The molecule has 0 aliphatic rings. The largest absolute Gasteiger partial charge is 0.329 e. The summed E-state index contributed by atoms with van der Waals surface area (Å²) in [6.45, 7) is 13.2. The molecule has 0 atom stereocenters. The number of hydrogen-bond acceptors (Lipinski definition) is 8. The smallest absolute Gasteiger partial charge is 0.0206 e. The molecular formula is C22H46N8. The lowest BCUT2D eigenvalue weighted by Crippen LogP contribution is -2.30. The number of rotatable bonds is 22. The number of hydrogen-bond donors (Lipinski definition) is 8. The predicted molar refractivity (Wildman–Crippen MR) is 129 cm³/mol. The average Bonchev–Trinajstić information content (AvgIpc) is 2.77. The van der Waals surface area contributed by atoms with Gasteiger partial charge in [-0.1, -0.05) is 24.3 Å². The number of benzene rings is 1. The highest BCUT2D eigenvalue weighted by molar-refractivity contribution is 5.22. The van der Waals surface area contributed by atoms with E-state index in [4.69, 9.17) is 11.5 Å². The quantitative estimate of drug-likeness (QED) is 0.111. The van der Waals surface area contributed by atoms with Gasteiger partial charge in [-0.15, -0.1) is 0 Å². The molecule has 1 aromatic carbocycles. The minimum atomic E-state index is 0.709. The zero-order valence-corrected chi connectivity index (χ0v) is 18.8. The van der Waals surface area contributed by atoms with E-state index in [1.54, 1.807) is 0 Å². The number of nitrogens with two attached hydrogens (primary N) is 2. The Kier molecular flexibility index (Phi) is 19.0. The summed E-state index contributed by atoms with van der Waals surface area (Å²) in [4.78, 5) is 0. The van der Waals surface area contributed by atoms with Crippen molar-refractivity contribution < 1.29 is 0 Å². The fraction of sp³-hybridized carbons (Fsp3) is 0.727. The van der Waals surface area contributed by atoms with E-state index in [9.17, 15) is 0 Å². The van der Waals surface area contributed by atoms with E-state index >= 15 is 0 Å². The summed E-state index contributed by atoms with van der Waals surface area (Å²) >= 11 is 0. The Labute approximate surface area is 183 Å². The van der Waals surface area contributed by atoms with Crippen molar-refractivity contribution in [1.29, 1.82) is 0 Å². The molecule has 10 N–H and O–H groups in total. The van der Waals surface area contributed by atoms with E-state index in [0.29, 0.717) is 13.1 Å². The van der Waals surface area contributed by atoms with Crippen molar-refractivity contribution >= 4 is 0 Å². The van der Waals surface area contributed by atoms with Crippen LogP contribution in [0, 0.1) is 0 Å². The molecule has 0 heterocycles. The Balaban J connectivity index is 1.92. The first-order valence-corrected chi connectivity index (χ1v) is 11.6. The van der Waals surface area contributed by atoms with Gasteiger partial charge in [0.2, 0.25) is 0 Å². The van der Waals surface area contributed by atoms with E-state index < -0.39 is 0 Å². The van der Waals surface area contributed by atoms with Crippen LogP contribution >= 0.6 is 0 Å². The van der Waals surface area contributed by atoms with Crippen LogP contribution in [0.4, 0.5) is 0 Å². The van der Waals surface area contributed by atoms with Crippen LogP contribution in [0.5, 0.6) is 0 Å². The molecule has 30 heavy (non-hydrogen) atoms. The molecule has 0 radical (unpaired) electrons. The van der Waals surface area contributed by atoms with Gasteiger partial charge in [-0.3, -0.25) is 0 Å². The zero-order valence-electron chi connectivity index (χ0n) is 18.8. The second-order valence-corrected chi connectivity index (χ2v) is 7.45. The highest BCUT2D eigenvalue weighted by Gasteiger charge is 1.96. The molecule has 0 saturated heterocycles. The van der Waals surface area contributed by atoms with Crippen LogP contribution in [0.1, 0.15) is 24.0 Å². The third-order valence-corrected chi connectivity index (χ3v) is 4.69. The standard InChI is InChI=1S/C22H46N8/c23-7-13-25-9-1-11-27-15-17-29-19-21-3-5-22(6-4-21)20-30-18-16-28-12-2-10-26-14-8-24/h3-6,25-30H,1-2,7-20,23-24H2. The van der Waals surface area contributed by atoms with Crippen molar-refractivity contribution in [1.82, 2.24) is 31.9 Å². The van der Waals surface area contributed by atoms with Crippen LogP contribution in [0.3, 0.4) is 0 Å². The molecule has 1 aromatic rings. The number of nitrogens with one attached hydrogen (secondary N) is 6. The van der Waals surface area contributed by atoms with Crippen LogP contribution in [-0.4, -0.2) is 78.5 Å². The molecule has 0 unspecified atom stereocenters. The molecule has 174 valence electrons. The van der Waals surface area contributed by atoms with Gasteiger partial charge in [-0.2, -0.15) is 0 Å². The zero-order chi connectivity index (χ0) is 21.5. The molecular weight excluding hydrogens is 376 g/mol. The van der Waals surface area contributed by atoms with Gasteiger partial charge in [-0.25, -0.2) is 0 Å². The fourth-order valence-electron chi connectivity index (χ4n) is 2.97. The minimum absolute atomic E-state index is 0.709. The summed E-state index contributed by atoms with van der Waals surface area (Å²) in [6.07, 6.45) is 2.27. The Bertz CT molecular complexity index is 426. The molecule has 8 heteroatoms. The Morgan fingerprint density at radius 2 is 0.767 bits per heavy atom. The molecule has 0 fully saturated rings. The second-order valence-electron chi connectivity index (χ2n) is 7.45. The van der Waals surface area contributed by atoms with Gasteiger partial charge in [0.05, 0.1) is 0 Å². The van der Waals surface area contributed by atoms with E-state index in [0.717, 1.165) is 91.4 Å². The van der Waals surface area contributed by atoms with Crippen molar-refractivity contribution in [2.75, 3.05) is 78.5 Å². The highest BCUT2D eigenvalue weighted by Crippen LogP contribution is 2.03. The molecule has 0 bridgehead atoms. The van der Waals surface area contributed by atoms with Gasteiger partial charge in [0.1, 0.15) is 0 Å². The van der Waals surface area contributed by atoms with Crippen LogP contribution < -0.4 is 43.4 Å². The summed E-state index contributed by atoms with van der Waals surface area (Å²) in [5.41, 5.74) is 13.5. The summed E-state index contributed by atoms with van der Waals surface area (Å²) in [5.74, 6) is 0. The lowest BCUT2D eigenvalue weighted by Gasteiger charge is -2.09. The van der Waals surface area contributed by atoms with E-state index in [2.05, 4.69) is 56.2 Å². The lowest BCUT2D eigenvalue weighted by molar-refractivity contribution is 0.573.